The van der Waals surface area contributed by atoms with Crippen LogP contribution in [0.5, 0.6) is 0 Å². The van der Waals surface area contributed by atoms with Crippen molar-refractivity contribution in [2.24, 2.45) is 0 Å². The third kappa shape index (κ3) is 4.62. The first-order valence-electron chi connectivity index (χ1n) is 8.23. The molecule has 0 bridgehead atoms. The van der Waals surface area contributed by atoms with Gasteiger partial charge in [0.1, 0.15) is 11.4 Å². The van der Waals surface area contributed by atoms with E-state index in [9.17, 15) is 13.2 Å². The average molecular weight is 406 g/mol. The lowest BCUT2D eigenvalue weighted by Gasteiger charge is -2.08. The summed E-state index contributed by atoms with van der Waals surface area (Å²) in [5.74, 6) is 0.147. The quantitative estimate of drug-likeness (QED) is 0.629. The minimum atomic E-state index is -3.62. The molecule has 2 heterocycles. The van der Waals surface area contributed by atoms with Crippen LogP contribution in [0, 0.1) is 13.8 Å². The molecule has 3 rings (SSSR count). The Morgan fingerprint density at radius 1 is 1.19 bits per heavy atom. The molecule has 9 heteroatoms. The molecule has 3 aromatic rings. The fourth-order valence-electron chi connectivity index (χ4n) is 2.48. The Bertz CT molecular complexity index is 1000. The van der Waals surface area contributed by atoms with E-state index in [1.165, 1.54) is 24.3 Å². The SMILES string of the molecule is Cc1noc(C)c1NC(=O)c1ccc(S(=O)(=O)NCCc2cccs2)cc1. The zero-order chi connectivity index (χ0) is 19.4. The summed E-state index contributed by atoms with van der Waals surface area (Å²) >= 11 is 1.59. The number of amides is 1. The number of rotatable bonds is 7. The number of benzene rings is 1. The van der Waals surface area contributed by atoms with Crippen molar-refractivity contribution in [3.8, 4) is 0 Å². The Hall–Kier alpha value is -2.49. The van der Waals surface area contributed by atoms with Gasteiger partial charge in [-0.15, -0.1) is 11.3 Å². The van der Waals surface area contributed by atoms with Crippen molar-refractivity contribution in [1.29, 1.82) is 0 Å². The molecule has 0 aliphatic carbocycles. The Morgan fingerprint density at radius 3 is 2.52 bits per heavy atom. The van der Waals surface area contributed by atoms with E-state index >= 15 is 0 Å². The molecule has 7 nitrogen and oxygen atoms in total. The Balaban J connectivity index is 1.64. The van der Waals surface area contributed by atoms with Crippen LogP contribution >= 0.6 is 11.3 Å². The molecule has 0 spiro atoms. The van der Waals surface area contributed by atoms with Crippen molar-refractivity contribution in [3.63, 3.8) is 0 Å². The van der Waals surface area contributed by atoms with Gasteiger partial charge in [0.05, 0.1) is 4.90 Å². The number of carbonyl (C=O) groups is 1. The number of thiophene rings is 1. The standard InChI is InChI=1S/C18H19N3O4S2/c1-12-17(13(2)25-21-12)20-18(22)14-5-7-16(8-6-14)27(23,24)19-10-9-15-4-3-11-26-15/h3-8,11,19H,9-10H2,1-2H3,(H,20,22). The average Bonchev–Trinajstić information content (AvgIpc) is 3.27. The number of anilines is 1. The number of aryl methyl sites for hydroxylation is 2. The summed E-state index contributed by atoms with van der Waals surface area (Å²) in [7, 11) is -3.62. The summed E-state index contributed by atoms with van der Waals surface area (Å²) < 4.78 is 32.3. The number of aromatic nitrogens is 1. The number of nitrogens with one attached hydrogen (secondary N) is 2. The van der Waals surface area contributed by atoms with Crippen molar-refractivity contribution >= 4 is 33.0 Å². The molecule has 0 radical (unpaired) electrons. The summed E-state index contributed by atoms with van der Waals surface area (Å²) in [6, 6.07) is 9.67. The third-order valence-corrected chi connectivity index (χ3v) is 6.36. The summed E-state index contributed by atoms with van der Waals surface area (Å²) in [4.78, 5) is 13.6. The van der Waals surface area contributed by atoms with Gasteiger partial charge in [0.2, 0.25) is 10.0 Å². The molecule has 27 heavy (non-hydrogen) atoms. The minimum Gasteiger partial charge on any atom is -0.359 e. The van der Waals surface area contributed by atoms with Crippen molar-refractivity contribution < 1.29 is 17.7 Å². The smallest absolute Gasteiger partial charge is 0.255 e. The van der Waals surface area contributed by atoms with E-state index in [0.29, 0.717) is 35.7 Å². The second kappa shape index (κ2) is 8.03. The lowest BCUT2D eigenvalue weighted by atomic mass is 10.2. The summed E-state index contributed by atoms with van der Waals surface area (Å²) in [5.41, 5.74) is 1.44. The van der Waals surface area contributed by atoms with Crippen LogP contribution in [0.15, 0.2) is 51.2 Å². The topological polar surface area (TPSA) is 101 Å². The highest BCUT2D eigenvalue weighted by Gasteiger charge is 2.17. The van der Waals surface area contributed by atoms with Gasteiger partial charge in [0.25, 0.3) is 5.91 Å². The van der Waals surface area contributed by atoms with Crippen LogP contribution in [0.3, 0.4) is 0 Å². The zero-order valence-electron chi connectivity index (χ0n) is 14.9. The number of nitrogens with zero attached hydrogens (tertiary/aromatic N) is 1. The molecular weight excluding hydrogens is 386 g/mol. The van der Waals surface area contributed by atoms with Crippen LogP contribution in [-0.2, 0) is 16.4 Å². The van der Waals surface area contributed by atoms with Gasteiger partial charge >= 0.3 is 0 Å². The van der Waals surface area contributed by atoms with E-state index in [0.717, 1.165) is 4.88 Å². The largest absolute Gasteiger partial charge is 0.359 e. The van der Waals surface area contributed by atoms with Crippen molar-refractivity contribution in [1.82, 2.24) is 9.88 Å². The van der Waals surface area contributed by atoms with Gasteiger partial charge < -0.3 is 9.84 Å². The molecule has 0 atom stereocenters. The maximum atomic E-state index is 12.4. The molecule has 0 saturated heterocycles. The first kappa shape index (κ1) is 19.3. The number of carbonyl (C=O) groups excluding carboxylic acids is 1. The van der Waals surface area contributed by atoms with Gasteiger partial charge in [-0.25, -0.2) is 13.1 Å². The van der Waals surface area contributed by atoms with Crippen LogP contribution in [0.4, 0.5) is 5.69 Å². The highest BCUT2D eigenvalue weighted by Crippen LogP contribution is 2.20. The molecule has 2 aromatic heterocycles. The van der Waals surface area contributed by atoms with E-state index in [4.69, 9.17) is 4.52 Å². The highest BCUT2D eigenvalue weighted by molar-refractivity contribution is 7.89. The lowest BCUT2D eigenvalue weighted by molar-refractivity contribution is 0.102. The molecule has 2 N–H and O–H groups in total. The molecule has 1 amide bonds. The lowest BCUT2D eigenvalue weighted by Crippen LogP contribution is -2.26. The summed E-state index contributed by atoms with van der Waals surface area (Å²) in [6.45, 7) is 3.74. The van der Waals surface area contributed by atoms with E-state index in [1.807, 2.05) is 17.5 Å². The van der Waals surface area contributed by atoms with E-state index in [-0.39, 0.29) is 10.8 Å². The normalized spacial score (nSPS) is 11.5. The van der Waals surface area contributed by atoms with E-state index in [2.05, 4.69) is 15.2 Å². The second-order valence-electron chi connectivity index (χ2n) is 5.90. The van der Waals surface area contributed by atoms with Crippen molar-refractivity contribution in [2.45, 2.75) is 25.2 Å². The molecule has 1 aromatic carbocycles. The fourth-order valence-corrected chi connectivity index (χ4v) is 4.22. The van der Waals surface area contributed by atoms with Crippen LogP contribution in [-0.4, -0.2) is 26.0 Å². The highest BCUT2D eigenvalue weighted by atomic mass is 32.2. The molecular formula is C18H19N3O4S2. The third-order valence-electron chi connectivity index (χ3n) is 3.94. The molecule has 0 aliphatic rings. The van der Waals surface area contributed by atoms with Gasteiger partial charge in [-0.1, -0.05) is 11.2 Å². The van der Waals surface area contributed by atoms with Gasteiger partial charge in [0, 0.05) is 17.0 Å². The minimum absolute atomic E-state index is 0.113. The van der Waals surface area contributed by atoms with Crippen LogP contribution < -0.4 is 10.0 Å². The Kier molecular flexibility index (Phi) is 5.73. The Morgan fingerprint density at radius 2 is 1.93 bits per heavy atom. The van der Waals surface area contributed by atoms with Gasteiger partial charge in [0.15, 0.2) is 5.76 Å². The summed E-state index contributed by atoms with van der Waals surface area (Å²) in [6.07, 6.45) is 0.634. The van der Waals surface area contributed by atoms with Gasteiger partial charge in [-0.2, -0.15) is 0 Å². The van der Waals surface area contributed by atoms with Gasteiger partial charge in [-0.05, 0) is 56.0 Å². The molecule has 0 aliphatic heterocycles. The first-order chi connectivity index (χ1) is 12.9. The zero-order valence-corrected chi connectivity index (χ0v) is 16.5. The molecule has 0 unspecified atom stereocenters. The predicted molar refractivity (Wildman–Crippen MR) is 104 cm³/mol. The maximum Gasteiger partial charge on any atom is 0.255 e. The van der Waals surface area contributed by atoms with E-state index < -0.39 is 10.0 Å². The fraction of sp³-hybridized carbons (Fsp3) is 0.222. The Labute approximate surface area is 161 Å². The van der Waals surface area contributed by atoms with Crippen molar-refractivity contribution in [3.05, 3.63) is 63.7 Å². The van der Waals surface area contributed by atoms with Crippen LogP contribution in [0.25, 0.3) is 0 Å². The monoisotopic (exact) mass is 405 g/mol. The number of sulfonamides is 1. The molecule has 142 valence electrons. The van der Waals surface area contributed by atoms with Crippen LogP contribution in [0.1, 0.15) is 26.7 Å². The molecule has 0 fully saturated rings. The maximum absolute atomic E-state index is 12.4. The van der Waals surface area contributed by atoms with Gasteiger partial charge in [-0.3, -0.25) is 4.79 Å². The predicted octanol–water partition coefficient (Wildman–Crippen LogP) is 3.13. The number of hydrogen-bond donors (Lipinski definition) is 2. The van der Waals surface area contributed by atoms with E-state index in [1.54, 1.807) is 25.2 Å². The van der Waals surface area contributed by atoms with Crippen molar-refractivity contribution in [2.75, 3.05) is 11.9 Å². The second-order valence-corrected chi connectivity index (χ2v) is 8.70. The molecule has 0 saturated carbocycles. The summed E-state index contributed by atoms with van der Waals surface area (Å²) in [5, 5.41) is 8.46. The first-order valence-corrected chi connectivity index (χ1v) is 10.6. The van der Waals surface area contributed by atoms with Crippen LogP contribution in [0.2, 0.25) is 0 Å². The number of hydrogen-bond acceptors (Lipinski definition) is 6.